The number of amides is 9. The number of hydrogen-bond donors (Lipinski definition) is 9. The predicted octanol–water partition coefficient (Wildman–Crippen LogP) is 9.03. The summed E-state index contributed by atoms with van der Waals surface area (Å²) in [6.07, 6.45) is 20.3. The van der Waals surface area contributed by atoms with Gasteiger partial charge in [0, 0.05) is 226 Å². The van der Waals surface area contributed by atoms with Crippen LogP contribution in [0.15, 0.2) is 215 Å². The van der Waals surface area contributed by atoms with Crippen molar-refractivity contribution in [1.82, 2.24) is 153 Å². The molecule has 0 bridgehead atoms. The number of aromatic nitrogens is 21. The fourth-order valence-corrected chi connectivity index (χ4v) is 21.1. The van der Waals surface area contributed by atoms with E-state index < -0.39 is 23.7 Å². The Morgan fingerprint density at radius 2 is 0.757 bits per heavy atom. The minimum atomic E-state index is -0.939. The summed E-state index contributed by atoms with van der Waals surface area (Å²) in [6.45, 7) is 13.1. The summed E-state index contributed by atoms with van der Waals surface area (Å²) in [7, 11) is 1.84. The van der Waals surface area contributed by atoms with E-state index in [2.05, 4.69) is 176 Å². The van der Waals surface area contributed by atoms with E-state index in [0.717, 1.165) is 197 Å². The standard InChI is InChI=1S/C22H19BrN8O2.C22H20N8O2.C20H19BrN6O.C20H20N6O.C16H16BrN9O2/c23-18-16(10-29-5-6-30-17(11-29)21(32)28-22(30)33)27-20-14(9-26-31(20)19(18)24)13-7-12-3-1-2-4-15(12)25-8-13;23-19-8-15(11-28-5-6-29-18(12-28)21(31)27-22(29)32)26-20-16(10-25-30(19)20)14-7-13-3-1-2-4-17(13)24-9-14;21-18-17(12-26-5-7-28-8-6-26)25-20-15(11-24-27(20)19(18)22)14-9-13-3-1-2-4-16(13)23-10-14;21-19-10-16(13-25-5-7-27-8-6-25)24-20-17(12-23-26(19)20)15-9-14-3-1-2-4-18(14)22-11-15;1-24-6-8(4-19-24)9-5-20-26-11(18)10(17)13(21-12(9)26)25-3-2-16(7-25)14(27)22-15(28)23-16/h1-4,7-9,17H,5-6,10-11,24H2,(H,28,32,33);1-4,7-10,18H,5-6,11-12,23H2,(H,27,31,32);1-4,9-11H,5-8,12,22H2;1-4,9-12H,5-8,13,21H2;4-6H,2-3,7,18H2,1H3,(H2,22,23,27,28). The highest BCUT2D eigenvalue weighted by atomic mass is 79.9. The molecule has 0 saturated carbocycles. The van der Waals surface area contributed by atoms with Gasteiger partial charge in [0.25, 0.3) is 17.7 Å². The van der Waals surface area contributed by atoms with E-state index in [9.17, 15) is 28.8 Å². The number of pyridine rings is 4. The first-order valence-corrected chi connectivity index (χ1v) is 50.1. The third kappa shape index (κ3) is 18.4. The van der Waals surface area contributed by atoms with Gasteiger partial charge in [-0.05, 0) is 103 Å². The van der Waals surface area contributed by atoms with Gasteiger partial charge in [0.1, 0.15) is 57.0 Å². The molecule has 4 aromatic carbocycles. The first-order valence-electron chi connectivity index (χ1n) is 47.7. The van der Waals surface area contributed by atoms with Crippen molar-refractivity contribution >= 4 is 190 Å². The van der Waals surface area contributed by atoms with Gasteiger partial charge in [0.2, 0.25) is 0 Å². The van der Waals surface area contributed by atoms with Gasteiger partial charge in [0.05, 0.1) is 124 Å². The first kappa shape index (κ1) is 95.2. The maximum atomic E-state index is 12.2. The fourth-order valence-electron chi connectivity index (χ4n) is 19.8. The molecule has 14 N–H and O–H groups in total. The molecule has 3 atom stereocenters. The lowest BCUT2D eigenvalue weighted by Crippen LogP contribution is -2.52. The third-order valence-electron chi connectivity index (χ3n) is 27.5. The molecule has 3 unspecified atom stereocenters. The van der Waals surface area contributed by atoms with Crippen LogP contribution in [-0.2, 0) is 57.1 Å². The average Bonchev–Trinajstić information content (AvgIpc) is 1.58. The summed E-state index contributed by atoms with van der Waals surface area (Å²) in [5.41, 5.74) is 50.1. The van der Waals surface area contributed by atoms with Gasteiger partial charge in [-0.3, -0.25) is 74.6 Å². The van der Waals surface area contributed by atoms with Crippen molar-refractivity contribution in [1.29, 1.82) is 0 Å². The number of piperazine rings is 2. The molecule has 0 radical (unpaired) electrons. The van der Waals surface area contributed by atoms with Gasteiger partial charge < -0.3 is 58.2 Å². The Morgan fingerprint density at radius 1 is 0.385 bits per heavy atom. The molecule has 8 aliphatic heterocycles. The predicted molar refractivity (Wildman–Crippen MR) is 562 cm³/mol. The van der Waals surface area contributed by atoms with Crippen molar-refractivity contribution in [3.8, 4) is 55.6 Å². The lowest BCUT2D eigenvalue weighted by molar-refractivity contribution is -0.123. The Balaban J connectivity index is 0.000000102. The summed E-state index contributed by atoms with van der Waals surface area (Å²) < 4.78 is 22.8. The van der Waals surface area contributed by atoms with Crippen LogP contribution in [-0.4, -0.2) is 291 Å². The molecule has 8 fully saturated rings. The zero-order valence-electron chi connectivity index (χ0n) is 79.4. The van der Waals surface area contributed by atoms with E-state index in [1.807, 2.05) is 140 Å². The maximum absolute atomic E-state index is 12.2. The van der Waals surface area contributed by atoms with Crippen molar-refractivity contribution in [2.75, 3.05) is 139 Å². The van der Waals surface area contributed by atoms with Gasteiger partial charge in [0.15, 0.2) is 28.2 Å². The van der Waals surface area contributed by atoms with E-state index in [4.69, 9.17) is 63.1 Å². The highest BCUT2D eigenvalue weighted by molar-refractivity contribution is 9.11. The number of halogens is 3. The largest absolute Gasteiger partial charge is 0.384 e. The molecule has 748 valence electrons. The molecule has 45 nitrogen and oxygen atoms in total. The van der Waals surface area contributed by atoms with Crippen LogP contribution < -0.4 is 54.8 Å². The number of nitrogen functional groups attached to an aromatic ring is 5. The second-order valence-corrected chi connectivity index (χ2v) is 39.3. The van der Waals surface area contributed by atoms with Crippen LogP contribution in [0, 0.1) is 0 Å². The normalized spacial score (nSPS) is 18.2. The molecule has 19 aromatic rings. The van der Waals surface area contributed by atoms with Crippen LogP contribution in [0.1, 0.15) is 29.2 Å². The van der Waals surface area contributed by atoms with E-state index in [1.54, 1.807) is 74.1 Å². The summed E-state index contributed by atoms with van der Waals surface area (Å²) in [5.74, 6) is 2.25. The monoisotopic (exact) mass is 2180 g/mol. The zero-order chi connectivity index (χ0) is 101. The molecule has 48 heteroatoms. The number of fused-ring (bicyclic) bond motifs is 11. The number of urea groups is 3. The van der Waals surface area contributed by atoms with Crippen molar-refractivity contribution in [3.05, 3.63) is 238 Å². The van der Waals surface area contributed by atoms with Crippen LogP contribution in [0.3, 0.4) is 0 Å². The summed E-state index contributed by atoms with van der Waals surface area (Å²) in [6, 6.07) is 42.0. The van der Waals surface area contributed by atoms with Gasteiger partial charge in [-0.1, -0.05) is 72.8 Å². The van der Waals surface area contributed by atoms with E-state index in [-0.39, 0.29) is 29.8 Å². The number of nitrogens with zero attached hydrogens (tertiary/aromatic N) is 28. The Kier molecular flexibility index (Phi) is 25.4. The number of morpholine rings is 2. The SMILES string of the molecule is Cn1cc(-c2cnn3c(N)c(Br)c(N4CCC5(C4)NC(=O)NC5=O)nc23)cn1.Nc1c(Br)c(CN2CCN3C(=O)NC(=O)C3C2)nc2c(-c3cnc4ccccc4c3)cnn12.Nc1c(Br)c(CN2CCOCC2)nc2c(-c3cnc4ccccc4c3)cnn12.Nc1cc(CN2CCN3C(=O)NC(=O)C3C2)nc2c(-c3cnc4ccccc4c3)cnn12.Nc1cc(CN2CCOCC2)nc2c(-c3cnc4ccccc4c3)cnn12. The number of nitrogens with one attached hydrogen (secondary N) is 4. The number of para-hydroxylation sites is 4. The number of rotatable bonds is 14. The maximum Gasteiger partial charge on any atom is 0.324 e. The van der Waals surface area contributed by atoms with E-state index in [1.165, 1.54) is 0 Å². The molecule has 148 heavy (non-hydrogen) atoms. The molecule has 15 aromatic heterocycles. The van der Waals surface area contributed by atoms with Gasteiger partial charge in [-0.2, -0.15) is 53.2 Å². The van der Waals surface area contributed by atoms with Crippen molar-refractivity contribution in [2.45, 2.75) is 50.2 Å². The molecule has 27 rings (SSSR count). The fraction of sp³-hybridized carbons (Fsp3) is 0.250. The Labute approximate surface area is 865 Å². The molecule has 8 saturated heterocycles. The van der Waals surface area contributed by atoms with Gasteiger partial charge in [-0.15, -0.1) is 0 Å². The second-order valence-electron chi connectivity index (χ2n) is 36.9. The topological polar surface area (TPSA) is 542 Å². The average molecular weight is 2180 g/mol. The number of benzene rings is 4. The Morgan fingerprint density at radius 3 is 1.17 bits per heavy atom. The van der Waals surface area contributed by atoms with Crippen LogP contribution in [0.4, 0.5) is 49.3 Å². The molecule has 8 aliphatic rings. The molecule has 9 amide bonds. The minimum Gasteiger partial charge on any atom is -0.384 e. The van der Waals surface area contributed by atoms with Gasteiger partial charge >= 0.3 is 18.1 Å². The lowest BCUT2D eigenvalue weighted by atomic mass is 10.00. The van der Waals surface area contributed by atoms with Crippen LogP contribution >= 0.6 is 47.8 Å². The zero-order valence-corrected chi connectivity index (χ0v) is 84.1. The highest BCUT2D eigenvalue weighted by Crippen LogP contribution is 2.41. The lowest BCUT2D eigenvalue weighted by Gasteiger charge is -2.35. The van der Waals surface area contributed by atoms with Crippen molar-refractivity contribution in [3.63, 3.8) is 0 Å². The third-order valence-corrected chi connectivity index (χ3v) is 30.0. The van der Waals surface area contributed by atoms with Crippen molar-refractivity contribution < 1.29 is 38.2 Å². The highest BCUT2D eigenvalue weighted by Gasteiger charge is 2.52. The first-order chi connectivity index (χ1) is 71.9. The van der Waals surface area contributed by atoms with Crippen molar-refractivity contribution in [2.24, 2.45) is 7.05 Å². The quantitative estimate of drug-likeness (QED) is 0.0458. The van der Waals surface area contributed by atoms with Crippen LogP contribution in [0.25, 0.3) is 127 Å². The minimum absolute atomic E-state index is 0.246. The number of imide groups is 3. The molecular weight excluding hydrogens is 2090 g/mol. The number of carbonyl (C=O) groups is 6. The number of aryl methyl sites for hydroxylation is 1. The molecular formula is C100H94Br3N37O8. The summed E-state index contributed by atoms with van der Waals surface area (Å²) in [4.78, 5) is 128. The molecule has 1 spiro atoms. The number of anilines is 6. The van der Waals surface area contributed by atoms with Gasteiger partial charge in [-0.25, -0.2) is 39.3 Å². The summed E-state index contributed by atoms with van der Waals surface area (Å²) in [5, 5.41) is 40.3. The Hall–Kier alpha value is -16.4. The number of ether oxygens (including phenoxy) is 2. The van der Waals surface area contributed by atoms with E-state index in [0.29, 0.717) is 139 Å². The molecule has 0 aliphatic carbocycles. The van der Waals surface area contributed by atoms with Crippen LogP contribution in [0.2, 0.25) is 0 Å². The van der Waals surface area contributed by atoms with E-state index >= 15 is 0 Å². The second kappa shape index (κ2) is 39.5. The summed E-state index contributed by atoms with van der Waals surface area (Å²) >= 11 is 10.7. The Bertz CT molecular complexity index is 8550. The van der Waals surface area contributed by atoms with Crippen LogP contribution in [0.5, 0.6) is 0 Å². The molecule has 23 heterocycles. The number of nitrogens with two attached hydrogens (primary N) is 5. The number of hydrogen-bond acceptors (Lipinski definition) is 33. The smallest absolute Gasteiger partial charge is 0.324 e. The number of carbonyl (C=O) groups excluding carboxylic acids is 6.